The molecule has 1 unspecified atom stereocenters. The molecule has 1 saturated heterocycles. The fourth-order valence-electron chi connectivity index (χ4n) is 3.06. The van der Waals surface area contributed by atoms with Crippen LogP contribution in [0.1, 0.15) is 19.8 Å². The maximum atomic E-state index is 12.7. The normalized spacial score (nSPS) is 22.4. The number of aliphatic imine (C=N–C) groups is 1. The molecule has 2 aliphatic heterocycles. The summed E-state index contributed by atoms with van der Waals surface area (Å²) in [6.07, 6.45) is 14.1. The number of hydrogen-bond donors (Lipinski definition) is 0. The molecule has 0 bridgehead atoms. The Hall–Kier alpha value is -2.44. The average molecular weight is 439 g/mol. The Labute approximate surface area is 187 Å². The molecule has 3 rings (SSSR count). The number of likely N-dealkylation sites (N-methyl/N-ethyl adjacent to an activating group) is 1. The standard InChI is InChI=1S/C24H26N2O2S2/c1-5-7-8-9-17(6-2)21-15-14-20(29-21)16-22-23(27)26(3)24(30-22)25-18-10-12-19(28-4)13-11-18/h5,7-14,16,21H,1,6,15H2,2-4H3. The summed E-state index contributed by atoms with van der Waals surface area (Å²) >= 11 is 3.24. The maximum absolute atomic E-state index is 12.7. The number of carbonyl (C=O) groups excluding carboxylic acids is 1. The summed E-state index contributed by atoms with van der Waals surface area (Å²) in [6.45, 7) is 5.89. The fraction of sp³-hybridized carbons (Fsp3) is 0.250. The Morgan fingerprint density at radius 2 is 2.10 bits per heavy atom. The summed E-state index contributed by atoms with van der Waals surface area (Å²) in [5, 5.41) is 1.10. The molecule has 0 N–H and O–H groups in total. The molecule has 0 radical (unpaired) electrons. The predicted octanol–water partition coefficient (Wildman–Crippen LogP) is 6.24. The minimum absolute atomic E-state index is 0.0163. The number of amidine groups is 1. The molecule has 1 fully saturated rings. The average Bonchev–Trinajstić information content (AvgIpc) is 3.32. The van der Waals surface area contributed by atoms with Crippen molar-refractivity contribution in [2.24, 2.45) is 4.99 Å². The Morgan fingerprint density at radius 3 is 2.77 bits per heavy atom. The van der Waals surface area contributed by atoms with Gasteiger partial charge in [0.05, 0.1) is 17.7 Å². The molecule has 0 saturated carbocycles. The number of hydrogen-bond acceptors (Lipinski definition) is 5. The SMILES string of the molecule is C=CC=CC=C(CC)C1CC=C(C=C2SC(=Nc3ccc(OC)cc3)N(C)C2=O)S1. The minimum atomic E-state index is -0.0163. The van der Waals surface area contributed by atoms with E-state index >= 15 is 0 Å². The van der Waals surface area contributed by atoms with Gasteiger partial charge in [0.2, 0.25) is 0 Å². The van der Waals surface area contributed by atoms with E-state index in [0.29, 0.717) is 15.3 Å². The summed E-state index contributed by atoms with van der Waals surface area (Å²) in [7, 11) is 3.40. The number of methoxy groups -OCH3 is 1. The lowest BCUT2D eigenvalue weighted by molar-refractivity contribution is -0.121. The van der Waals surface area contributed by atoms with Gasteiger partial charge >= 0.3 is 0 Å². The van der Waals surface area contributed by atoms with Gasteiger partial charge in [-0.3, -0.25) is 9.69 Å². The van der Waals surface area contributed by atoms with Crippen molar-refractivity contribution in [3.8, 4) is 5.75 Å². The van der Waals surface area contributed by atoms with Gasteiger partial charge in [0.15, 0.2) is 5.17 Å². The lowest BCUT2D eigenvalue weighted by Gasteiger charge is -2.12. The third-order valence-electron chi connectivity index (χ3n) is 4.76. The van der Waals surface area contributed by atoms with Gasteiger partial charge in [-0.25, -0.2) is 4.99 Å². The molecule has 2 aliphatic rings. The van der Waals surface area contributed by atoms with E-state index in [1.165, 1.54) is 17.3 Å². The van der Waals surface area contributed by atoms with Crippen molar-refractivity contribution in [1.82, 2.24) is 4.90 Å². The predicted molar refractivity (Wildman–Crippen MR) is 130 cm³/mol. The van der Waals surface area contributed by atoms with Gasteiger partial charge < -0.3 is 4.74 Å². The molecule has 0 spiro atoms. The van der Waals surface area contributed by atoms with Crippen LogP contribution < -0.4 is 4.74 Å². The summed E-state index contributed by atoms with van der Waals surface area (Å²) in [5.41, 5.74) is 2.19. The minimum Gasteiger partial charge on any atom is -0.497 e. The fourth-order valence-corrected chi connectivity index (χ4v) is 5.41. The van der Waals surface area contributed by atoms with Crippen LogP contribution in [0.4, 0.5) is 5.69 Å². The summed E-state index contributed by atoms with van der Waals surface area (Å²) in [4.78, 5) is 20.8. The lowest BCUT2D eigenvalue weighted by atomic mass is 10.1. The van der Waals surface area contributed by atoms with Crippen LogP contribution in [-0.4, -0.2) is 35.4 Å². The molecule has 1 amide bonds. The topological polar surface area (TPSA) is 41.9 Å². The van der Waals surface area contributed by atoms with E-state index in [9.17, 15) is 4.79 Å². The van der Waals surface area contributed by atoms with Gasteiger partial charge in [0.1, 0.15) is 5.75 Å². The second kappa shape index (κ2) is 10.5. The smallest absolute Gasteiger partial charge is 0.266 e. The number of thioether (sulfide) groups is 2. The highest BCUT2D eigenvalue weighted by molar-refractivity contribution is 8.18. The zero-order valence-corrected chi connectivity index (χ0v) is 19.1. The van der Waals surface area contributed by atoms with E-state index in [1.807, 2.05) is 54.3 Å². The van der Waals surface area contributed by atoms with E-state index in [2.05, 4.69) is 30.6 Å². The van der Waals surface area contributed by atoms with Crippen LogP contribution in [0.25, 0.3) is 0 Å². The molecule has 30 heavy (non-hydrogen) atoms. The molecule has 1 aromatic carbocycles. The van der Waals surface area contributed by atoms with Gasteiger partial charge in [-0.1, -0.05) is 49.5 Å². The van der Waals surface area contributed by atoms with E-state index in [1.54, 1.807) is 25.1 Å². The largest absolute Gasteiger partial charge is 0.497 e. The number of allylic oxidation sites excluding steroid dienone is 6. The summed E-state index contributed by atoms with van der Waals surface area (Å²) in [5.74, 6) is 0.764. The molecule has 1 atom stereocenters. The number of carbonyl (C=O) groups is 1. The molecular formula is C24H26N2O2S2. The number of rotatable bonds is 7. The van der Waals surface area contributed by atoms with E-state index in [-0.39, 0.29) is 5.91 Å². The van der Waals surface area contributed by atoms with Crippen LogP contribution in [0.5, 0.6) is 5.75 Å². The van der Waals surface area contributed by atoms with Crippen LogP contribution in [0.2, 0.25) is 0 Å². The molecule has 0 aliphatic carbocycles. The Balaban J connectivity index is 1.71. The van der Waals surface area contributed by atoms with Crippen molar-refractivity contribution in [1.29, 1.82) is 0 Å². The van der Waals surface area contributed by atoms with Gasteiger partial charge in [-0.05, 0) is 54.9 Å². The first kappa shape index (κ1) is 22.2. The monoisotopic (exact) mass is 438 g/mol. The van der Waals surface area contributed by atoms with Crippen LogP contribution in [0.3, 0.4) is 0 Å². The maximum Gasteiger partial charge on any atom is 0.266 e. The zero-order chi connectivity index (χ0) is 21.5. The molecule has 156 valence electrons. The van der Waals surface area contributed by atoms with Crippen LogP contribution in [0.15, 0.2) is 87.7 Å². The molecule has 4 nitrogen and oxygen atoms in total. The quantitative estimate of drug-likeness (QED) is 0.373. The number of benzene rings is 1. The van der Waals surface area contributed by atoms with Crippen molar-refractivity contribution >= 4 is 40.3 Å². The highest BCUT2D eigenvalue weighted by atomic mass is 32.2. The van der Waals surface area contributed by atoms with E-state index < -0.39 is 0 Å². The molecule has 6 heteroatoms. The van der Waals surface area contributed by atoms with Crippen molar-refractivity contribution in [2.45, 2.75) is 25.0 Å². The van der Waals surface area contributed by atoms with Crippen LogP contribution >= 0.6 is 23.5 Å². The van der Waals surface area contributed by atoms with Gasteiger partial charge in [0, 0.05) is 17.2 Å². The zero-order valence-electron chi connectivity index (χ0n) is 17.5. The molecular weight excluding hydrogens is 412 g/mol. The van der Waals surface area contributed by atoms with Crippen molar-refractivity contribution in [3.05, 3.63) is 82.7 Å². The second-order valence-corrected chi connectivity index (χ2v) is 9.02. The summed E-state index contributed by atoms with van der Waals surface area (Å²) < 4.78 is 5.18. The highest BCUT2D eigenvalue weighted by Crippen LogP contribution is 2.41. The lowest BCUT2D eigenvalue weighted by Crippen LogP contribution is -2.23. The Morgan fingerprint density at radius 1 is 1.33 bits per heavy atom. The Bertz CT molecular complexity index is 956. The molecule has 2 heterocycles. The Kier molecular flexibility index (Phi) is 7.82. The van der Waals surface area contributed by atoms with Gasteiger partial charge in [-0.15, -0.1) is 11.8 Å². The van der Waals surface area contributed by atoms with Crippen LogP contribution in [0, 0.1) is 0 Å². The highest BCUT2D eigenvalue weighted by Gasteiger charge is 2.31. The van der Waals surface area contributed by atoms with Gasteiger partial charge in [-0.2, -0.15) is 0 Å². The molecule has 0 aromatic heterocycles. The third-order valence-corrected chi connectivity index (χ3v) is 7.16. The number of amides is 1. The van der Waals surface area contributed by atoms with E-state index in [4.69, 9.17) is 4.74 Å². The van der Waals surface area contributed by atoms with Gasteiger partial charge in [0.25, 0.3) is 5.91 Å². The third kappa shape index (κ3) is 5.37. The summed E-state index contributed by atoms with van der Waals surface area (Å²) in [6, 6.07) is 7.49. The second-order valence-electron chi connectivity index (χ2n) is 6.73. The van der Waals surface area contributed by atoms with Crippen molar-refractivity contribution in [2.75, 3.05) is 14.2 Å². The first-order chi connectivity index (χ1) is 14.5. The van der Waals surface area contributed by atoms with Crippen molar-refractivity contribution in [3.63, 3.8) is 0 Å². The molecule has 1 aromatic rings. The van der Waals surface area contributed by atoms with E-state index in [0.717, 1.165) is 29.2 Å². The number of nitrogens with zero attached hydrogens (tertiary/aromatic N) is 2. The number of ether oxygens (including phenoxy) is 1. The van der Waals surface area contributed by atoms with Crippen molar-refractivity contribution < 1.29 is 9.53 Å². The first-order valence-electron chi connectivity index (χ1n) is 9.81. The van der Waals surface area contributed by atoms with Crippen LogP contribution in [-0.2, 0) is 4.79 Å². The first-order valence-corrected chi connectivity index (χ1v) is 11.5.